The van der Waals surface area contributed by atoms with E-state index in [9.17, 15) is 0 Å². The number of nitrogens with zero attached hydrogens (tertiary/aromatic N) is 2. The maximum Gasteiger partial charge on any atom is 0.315 e. The molecule has 0 spiro atoms. The van der Waals surface area contributed by atoms with E-state index in [1.165, 1.54) is 0 Å². The van der Waals surface area contributed by atoms with Gasteiger partial charge in [-0.15, -0.1) is 5.10 Å². The summed E-state index contributed by atoms with van der Waals surface area (Å²) < 4.78 is 10.9. The zero-order chi connectivity index (χ0) is 12.8. The van der Waals surface area contributed by atoms with Crippen molar-refractivity contribution in [1.29, 1.82) is 0 Å². The molecule has 0 amide bonds. The SMILES string of the molecule is CCCNCc1nnc(NC(C)C2CCOC2)o1. The molecule has 1 saturated heterocycles. The number of nitrogens with one attached hydrogen (secondary N) is 2. The van der Waals surface area contributed by atoms with E-state index in [0.29, 0.717) is 30.4 Å². The molecule has 2 atom stereocenters. The maximum absolute atomic E-state index is 5.52. The standard InChI is InChI=1S/C12H22N4O2/c1-3-5-13-7-11-15-16-12(18-11)14-9(2)10-4-6-17-8-10/h9-10,13H,3-8H2,1-2H3,(H,14,16). The zero-order valence-corrected chi connectivity index (χ0v) is 11.1. The van der Waals surface area contributed by atoms with Crippen molar-refractivity contribution in [1.82, 2.24) is 15.5 Å². The minimum absolute atomic E-state index is 0.296. The Balaban J connectivity index is 1.78. The molecular weight excluding hydrogens is 232 g/mol. The summed E-state index contributed by atoms with van der Waals surface area (Å²) in [7, 11) is 0. The number of hydrogen-bond acceptors (Lipinski definition) is 6. The van der Waals surface area contributed by atoms with Crippen LogP contribution in [0.5, 0.6) is 0 Å². The van der Waals surface area contributed by atoms with E-state index >= 15 is 0 Å². The first-order chi connectivity index (χ1) is 8.79. The van der Waals surface area contributed by atoms with Crippen LogP contribution in [0.15, 0.2) is 4.42 Å². The highest BCUT2D eigenvalue weighted by Gasteiger charge is 2.23. The van der Waals surface area contributed by atoms with Gasteiger partial charge in [-0.05, 0) is 26.3 Å². The third-order valence-electron chi connectivity index (χ3n) is 3.19. The summed E-state index contributed by atoms with van der Waals surface area (Å²) >= 11 is 0. The van der Waals surface area contributed by atoms with Gasteiger partial charge in [0, 0.05) is 18.6 Å². The Kier molecular flexibility index (Phi) is 4.95. The van der Waals surface area contributed by atoms with Crippen molar-refractivity contribution in [3.8, 4) is 0 Å². The molecule has 0 saturated carbocycles. The van der Waals surface area contributed by atoms with Crippen LogP contribution in [0.25, 0.3) is 0 Å². The van der Waals surface area contributed by atoms with E-state index in [0.717, 1.165) is 32.6 Å². The Morgan fingerprint density at radius 1 is 1.44 bits per heavy atom. The number of anilines is 1. The monoisotopic (exact) mass is 254 g/mol. The van der Waals surface area contributed by atoms with Gasteiger partial charge in [0.2, 0.25) is 5.89 Å². The van der Waals surface area contributed by atoms with Gasteiger partial charge in [0.1, 0.15) is 0 Å². The minimum Gasteiger partial charge on any atom is -0.407 e. The average molecular weight is 254 g/mol. The Hall–Kier alpha value is -1.14. The Morgan fingerprint density at radius 3 is 3.06 bits per heavy atom. The molecule has 0 aromatic carbocycles. The third-order valence-corrected chi connectivity index (χ3v) is 3.19. The van der Waals surface area contributed by atoms with Crippen LogP contribution in [0, 0.1) is 5.92 Å². The second kappa shape index (κ2) is 6.70. The van der Waals surface area contributed by atoms with Crippen LogP contribution < -0.4 is 10.6 Å². The van der Waals surface area contributed by atoms with Crippen LogP contribution in [0.3, 0.4) is 0 Å². The zero-order valence-electron chi connectivity index (χ0n) is 11.1. The normalized spacial score (nSPS) is 21.1. The molecule has 1 aliphatic rings. The van der Waals surface area contributed by atoms with Gasteiger partial charge >= 0.3 is 6.01 Å². The van der Waals surface area contributed by atoms with Crippen molar-refractivity contribution in [3.05, 3.63) is 5.89 Å². The fraction of sp³-hybridized carbons (Fsp3) is 0.833. The molecule has 2 N–H and O–H groups in total. The van der Waals surface area contributed by atoms with Gasteiger partial charge in [-0.25, -0.2) is 0 Å². The summed E-state index contributed by atoms with van der Waals surface area (Å²) in [5.74, 6) is 1.15. The molecule has 1 aromatic heterocycles. The first-order valence-corrected chi connectivity index (χ1v) is 6.67. The van der Waals surface area contributed by atoms with Gasteiger partial charge in [0.05, 0.1) is 13.2 Å². The molecule has 1 fully saturated rings. The van der Waals surface area contributed by atoms with Crippen molar-refractivity contribution in [2.75, 3.05) is 25.1 Å². The molecule has 0 bridgehead atoms. The summed E-state index contributed by atoms with van der Waals surface area (Å²) in [4.78, 5) is 0. The van der Waals surface area contributed by atoms with Crippen LogP contribution in [-0.2, 0) is 11.3 Å². The molecule has 2 unspecified atom stereocenters. The van der Waals surface area contributed by atoms with E-state index in [4.69, 9.17) is 9.15 Å². The molecule has 2 rings (SSSR count). The van der Waals surface area contributed by atoms with Crippen LogP contribution in [0.2, 0.25) is 0 Å². The van der Waals surface area contributed by atoms with Gasteiger partial charge in [-0.1, -0.05) is 12.0 Å². The average Bonchev–Trinajstić information content (AvgIpc) is 3.00. The highest BCUT2D eigenvalue weighted by molar-refractivity contribution is 5.19. The summed E-state index contributed by atoms with van der Waals surface area (Å²) in [6, 6.07) is 0.798. The fourth-order valence-electron chi connectivity index (χ4n) is 2.02. The molecule has 2 heterocycles. The lowest BCUT2D eigenvalue weighted by Crippen LogP contribution is -2.26. The maximum atomic E-state index is 5.52. The Morgan fingerprint density at radius 2 is 2.33 bits per heavy atom. The topological polar surface area (TPSA) is 72.2 Å². The third kappa shape index (κ3) is 3.68. The van der Waals surface area contributed by atoms with Crippen molar-refractivity contribution >= 4 is 6.01 Å². The first kappa shape index (κ1) is 13.3. The number of hydrogen-bond donors (Lipinski definition) is 2. The minimum atomic E-state index is 0.296. The lowest BCUT2D eigenvalue weighted by molar-refractivity contribution is 0.183. The van der Waals surface area contributed by atoms with Crippen molar-refractivity contribution in [2.24, 2.45) is 5.92 Å². The van der Waals surface area contributed by atoms with Crippen molar-refractivity contribution in [3.63, 3.8) is 0 Å². The highest BCUT2D eigenvalue weighted by Crippen LogP contribution is 2.19. The second-order valence-electron chi connectivity index (χ2n) is 4.73. The van der Waals surface area contributed by atoms with Crippen molar-refractivity contribution in [2.45, 2.75) is 39.3 Å². The Labute approximate surface area is 107 Å². The number of aromatic nitrogens is 2. The molecule has 6 heteroatoms. The smallest absolute Gasteiger partial charge is 0.315 e. The molecular formula is C12H22N4O2. The van der Waals surface area contributed by atoms with Crippen LogP contribution in [0.4, 0.5) is 6.01 Å². The molecule has 0 radical (unpaired) electrons. The predicted molar refractivity (Wildman–Crippen MR) is 68.3 cm³/mol. The molecule has 1 aromatic rings. The van der Waals surface area contributed by atoms with Gasteiger partial charge in [0.25, 0.3) is 0 Å². The highest BCUT2D eigenvalue weighted by atomic mass is 16.5. The first-order valence-electron chi connectivity index (χ1n) is 6.67. The van der Waals surface area contributed by atoms with Crippen LogP contribution in [0.1, 0.15) is 32.6 Å². The summed E-state index contributed by atoms with van der Waals surface area (Å²) in [6.45, 7) is 7.50. The van der Waals surface area contributed by atoms with E-state index in [1.54, 1.807) is 0 Å². The molecule has 18 heavy (non-hydrogen) atoms. The van der Waals surface area contributed by atoms with Gasteiger partial charge in [-0.2, -0.15) is 0 Å². The molecule has 0 aliphatic carbocycles. The summed E-state index contributed by atoms with van der Waals surface area (Å²) in [6.07, 6.45) is 2.19. The van der Waals surface area contributed by atoms with Gasteiger partial charge in [0.15, 0.2) is 0 Å². The summed E-state index contributed by atoms with van der Waals surface area (Å²) in [5, 5.41) is 14.5. The predicted octanol–water partition coefficient (Wildman–Crippen LogP) is 1.41. The lowest BCUT2D eigenvalue weighted by atomic mass is 10.0. The van der Waals surface area contributed by atoms with E-state index in [2.05, 4.69) is 34.7 Å². The van der Waals surface area contributed by atoms with Gasteiger partial charge < -0.3 is 19.8 Å². The van der Waals surface area contributed by atoms with E-state index < -0.39 is 0 Å². The molecule has 6 nitrogen and oxygen atoms in total. The number of ether oxygens (including phenoxy) is 1. The quantitative estimate of drug-likeness (QED) is 0.717. The Bertz CT molecular complexity index is 350. The van der Waals surface area contributed by atoms with Crippen LogP contribution >= 0.6 is 0 Å². The second-order valence-corrected chi connectivity index (χ2v) is 4.73. The van der Waals surface area contributed by atoms with E-state index in [-0.39, 0.29) is 0 Å². The lowest BCUT2D eigenvalue weighted by Gasteiger charge is -2.17. The van der Waals surface area contributed by atoms with Crippen molar-refractivity contribution < 1.29 is 9.15 Å². The summed E-state index contributed by atoms with van der Waals surface area (Å²) in [5.41, 5.74) is 0. The fourth-order valence-corrected chi connectivity index (χ4v) is 2.02. The van der Waals surface area contributed by atoms with E-state index in [1.807, 2.05) is 0 Å². The molecule has 102 valence electrons. The molecule has 1 aliphatic heterocycles. The van der Waals surface area contributed by atoms with Gasteiger partial charge in [-0.3, -0.25) is 0 Å². The number of rotatable bonds is 7. The largest absolute Gasteiger partial charge is 0.407 e. The van der Waals surface area contributed by atoms with Crippen LogP contribution in [-0.4, -0.2) is 36.0 Å².